The molecule has 3 aromatic rings. The number of fused-ring (bicyclic) bond motifs is 3. The summed E-state index contributed by atoms with van der Waals surface area (Å²) in [5, 5.41) is 7.98. The Balaban J connectivity index is 1.72. The minimum Gasteiger partial charge on any atom is -0.365 e. The molecule has 2 aliphatic rings. The maximum atomic E-state index is 12.1. The Morgan fingerprint density at radius 3 is 2.73 bits per heavy atom. The van der Waals surface area contributed by atoms with E-state index in [0.717, 1.165) is 48.0 Å². The molecule has 2 aromatic heterocycles. The van der Waals surface area contributed by atoms with Gasteiger partial charge in [0, 0.05) is 36.3 Å². The number of hydrogen-bond donors (Lipinski definition) is 2. The van der Waals surface area contributed by atoms with Crippen molar-refractivity contribution in [3.05, 3.63) is 42.2 Å². The van der Waals surface area contributed by atoms with Crippen molar-refractivity contribution in [3.63, 3.8) is 0 Å². The molecular formula is C20H23N5O. The Hall–Kier alpha value is -2.60. The first kappa shape index (κ1) is 15.6. The number of nitrogens with one attached hydrogen (secondary N) is 1. The van der Waals surface area contributed by atoms with Crippen LogP contribution >= 0.6 is 0 Å². The molecule has 134 valence electrons. The van der Waals surface area contributed by atoms with Gasteiger partial charge in [0.2, 0.25) is 0 Å². The highest BCUT2D eigenvalue weighted by atomic mass is 16.1. The van der Waals surface area contributed by atoms with E-state index in [-0.39, 0.29) is 0 Å². The van der Waals surface area contributed by atoms with Gasteiger partial charge >= 0.3 is 0 Å². The zero-order valence-corrected chi connectivity index (χ0v) is 14.7. The molecule has 1 spiro atoms. The third-order valence-corrected chi connectivity index (χ3v) is 6.18. The minimum atomic E-state index is -0.428. The average Bonchev–Trinajstić information content (AvgIpc) is 3.21. The predicted octanol–water partition coefficient (Wildman–Crippen LogP) is 2.00. The summed E-state index contributed by atoms with van der Waals surface area (Å²) in [5.74, 6) is -0.428. The van der Waals surface area contributed by atoms with E-state index in [1.807, 2.05) is 18.3 Å². The van der Waals surface area contributed by atoms with E-state index < -0.39 is 5.91 Å². The highest BCUT2D eigenvalue weighted by Crippen LogP contribution is 2.40. The van der Waals surface area contributed by atoms with Crippen LogP contribution in [-0.4, -0.2) is 41.7 Å². The second-order valence-corrected chi connectivity index (χ2v) is 7.66. The maximum Gasteiger partial charge on any atom is 0.252 e. The van der Waals surface area contributed by atoms with Crippen molar-refractivity contribution in [1.82, 2.24) is 15.0 Å². The fourth-order valence-electron chi connectivity index (χ4n) is 4.81. The quantitative estimate of drug-likeness (QED) is 0.742. The summed E-state index contributed by atoms with van der Waals surface area (Å²) in [7, 11) is 0. The van der Waals surface area contributed by atoms with Gasteiger partial charge in [0.05, 0.1) is 16.6 Å². The summed E-state index contributed by atoms with van der Waals surface area (Å²) < 4.78 is 2.23. The first-order valence-electron chi connectivity index (χ1n) is 9.31. The van der Waals surface area contributed by atoms with Crippen LogP contribution < -0.4 is 16.1 Å². The molecule has 2 saturated heterocycles. The molecule has 1 amide bonds. The van der Waals surface area contributed by atoms with Gasteiger partial charge < -0.3 is 16.1 Å². The molecule has 6 nitrogen and oxygen atoms in total. The van der Waals surface area contributed by atoms with E-state index in [0.29, 0.717) is 11.0 Å². The van der Waals surface area contributed by atoms with Crippen LogP contribution in [0.3, 0.4) is 0 Å². The molecule has 0 aliphatic carbocycles. The summed E-state index contributed by atoms with van der Waals surface area (Å²) >= 11 is 0. The molecule has 26 heavy (non-hydrogen) atoms. The van der Waals surface area contributed by atoms with E-state index in [1.54, 1.807) is 6.20 Å². The van der Waals surface area contributed by atoms with Crippen LogP contribution in [0.1, 0.15) is 29.6 Å². The Morgan fingerprint density at radius 2 is 1.92 bits per heavy atom. The van der Waals surface area contributed by atoms with E-state index >= 15 is 0 Å². The topological polar surface area (TPSA) is 76.2 Å². The van der Waals surface area contributed by atoms with Crippen LogP contribution in [0.25, 0.3) is 21.8 Å². The number of hydrogen-bond acceptors (Lipinski definition) is 4. The molecule has 0 atom stereocenters. The van der Waals surface area contributed by atoms with Crippen molar-refractivity contribution in [2.75, 3.05) is 31.2 Å². The van der Waals surface area contributed by atoms with Crippen LogP contribution in [0.5, 0.6) is 0 Å². The molecule has 0 bridgehead atoms. The summed E-state index contributed by atoms with van der Waals surface area (Å²) in [5.41, 5.74) is 8.56. The van der Waals surface area contributed by atoms with Gasteiger partial charge in [-0.05, 0) is 43.8 Å². The highest BCUT2D eigenvalue weighted by Gasteiger charge is 2.40. The minimum absolute atomic E-state index is 0.378. The summed E-state index contributed by atoms with van der Waals surface area (Å²) in [6.45, 7) is 4.20. The molecule has 3 N–H and O–H groups in total. The van der Waals surface area contributed by atoms with Gasteiger partial charge in [-0.15, -0.1) is 0 Å². The van der Waals surface area contributed by atoms with Gasteiger partial charge in [-0.2, -0.15) is 0 Å². The molecule has 4 heterocycles. The van der Waals surface area contributed by atoms with Crippen molar-refractivity contribution in [3.8, 4) is 0 Å². The number of carbonyl (C=O) groups excluding carboxylic acids is 1. The monoisotopic (exact) mass is 349 g/mol. The fourth-order valence-corrected chi connectivity index (χ4v) is 4.81. The largest absolute Gasteiger partial charge is 0.365 e. The first-order chi connectivity index (χ1) is 12.7. The Labute approximate surface area is 151 Å². The van der Waals surface area contributed by atoms with Gasteiger partial charge in [-0.3, -0.25) is 14.5 Å². The van der Waals surface area contributed by atoms with Crippen molar-refractivity contribution >= 4 is 27.7 Å². The number of aromatic nitrogens is 2. The second kappa shape index (κ2) is 5.71. The fraction of sp³-hybridized carbons (Fsp3) is 0.400. The van der Waals surface area contributed by atoms with Crippen LogP contribution in [0, 0.1) is 5.41 Å². The van der Waals surface area contributed by atoms with Crippen LogP contribution in [0.2, 0.25) is 0 Å². The number of para-hydroxylation sites is 1. The zero-order valence-electron chi connectivity index (χ0n) is 14.7. The van der Waals surface area contributed by atoms with Crippen LogP contribution in [0.15, 0.2) is 36.7 Å². The zero-order chi connectivity index (χ0) is 17.7. The SMILES string of the molecule is NC(=O)c1cncc2c3ccccc3n(N3CCC4(CCNCC4)C3)c12. The van der Waals surface area contributed by atoms with Gasteiger partial charge in [0.15, 0.2) is 0 Å². The van der Waals surface area contributed by atoms with Gasteiger partial charge in [-0.25, -0.2) is 0 Å². The smallest absolute Gasteiger partial charge is 0.252 e. The second-order valence-electron chi connectivity index (χ2n) is 7.66. The number of primary amides is 1. The Bertz CT molecular complexity index is 1000. The molecule has 2 aliphatic heterocycles. The van der Waals surface area contributed by atoms with Crippen molar-refractivity contribution < 1.29 is 4.79 Å². The third kappa shape index (κ3) is 2.22. The van der Waals surface area contributed by atoms with E-state index in [2.05, 4.69) is 32.1 Å². The number of piperidine rings is 1. The number of rotatable bonds is 2. The van der Waals surface area contributed by atoms with E-state index in [1.165, 1.54) is 19.3 Å². The number of pyridine rings is 1. The highest BCUT2D eigenvalue weighted by molar-refractivity contribution is 6.15. The Morgan fingerprint density at radius 1 is 1.12 bits per heavy atom. The van der Waals surface area contributed by atoms with Crippen LogP contribution in [0.4, 0.5) is 0 Å². The number of amides is 1. The molecule has 5 rings (SSSR count). The molecule has 6 heteroatoms. The third-order valence-electron chi connectivity index (χ3n) is 6.18. The van der Waals surface area contributed by atoms with Gasteiger partial charge in [-0.1, -0.05) is 18.2 Å². The lowest BCUT2D eigenvalue weighted by atomic mass is 9.78. The van der Waals surface area contributed by atoms with Gasteiger partial charge in [0.25, 0.3) is 5.91 Å². The molecule has 1 aromatic carbocycles. The molecular weight excluding hydrogens is 326 g/mol. The lowest BCUT2D eigenvalue weighted by molar-refractivity contribution is 0.100. The van der Waals surface area contributed by atoms with E-state index in [4.69, 9.17) is 5.73 Å². The summed E-state index contributed by atoms with van der Waals surface area (Å²) in [4.78, 5) is 16.4. The predicted molar refractivity (Wildman–Crippen MR) is 103 cm³/mol. The maximum absolute atomic E-state index is 12.1. The normalized spacial score (nSPS) is 19.6. The van der Waals surface area contributed by atoms with Crippen molar-refractivity contribution in [1.29, 1.82) is 0 Å². The van der Waals surface area contributed by atoms with Crippen molar-refractivity contribution in [2.24, 2.45) is 11.1 Å². The van der Waals surface area contributed by atoms with Gasteiger partial charge in [0.1, 0.15) is 0 Å². The summed E-state index contributed by atoms with van der Waals surface area (Å²) in [6.07, 6.45) is 7.06. The number of nitrogens with two attached hydrogens (primary N) is 1. The first-order valence-corrected chi connectivity index (χ1v) is 9.31. The number of benzene rings is 1. The number of nitrogens with zero attached hydrogens (tertiary/aromatic N) is 3. The van der Waals surface area contributed by atoms with E-state index in [9.17, 15) is 4.79 Å². The lowest BCUT2D eigenvalue weighted by Crippen LogP contribution is -2.41. The Kier molecular flexibility index (Phi) is 3.43. The molecule has 0 saturated carbocycles. The standard InChI is InChI=1S/C20H23N5O/c21-19(26)16-12-23-11-15-14-3-1-2-4-17(14)25(18(15)16)24-10-7-20(13-24)5-8-22-9-6-20/h1-4,11-12,22H,5-10,13H2,(H2,21,26). The molecule has 0 unspecified atom stereocenters. The average molecular weight is 349 g/mol. The molecule has 2 fully saturated rings. The van der Waals surface area contributed by atoms with Crippen molar-refractivity contribution in [2.45, 2.75) is 19.3 Å². The van der Waals surface area contributed by atoms with Crippen LogP contribution in [-0.2, 0) is 0 Å². The summed E-state index contributed by atoms with van der Waals surface area (Å²) in [6, 6.07) is 8.29. The lowest BCUT2D eigenvalue weighted by Gasteiger charge is -2.34. The molecule has 0 radical (unpaired) electrons. The number of carbonyl (C=O) groups is 1.